The molecule has 0 bridgehead atoms. The minimum Gasteiger partial charge on any atom is -0.379 e. The minimum absolute atomic E-state index is 0.0725. The van der Waals surface area contributed by atoms with E-state index in [1.54, 1.807) is 18.5 Å². The van der Waals surface area contributed by atoms with Crippen molar-refractivity contribution in [1.29, 1.82) is 0 Å². The summed E-state index contributed by atoms with van der Waals surface area (Å²) in [5.41, 5.74) is 3.50. The van der Waals surface area contributed by atoms with E-state index in [1.807, 2.05) is 30.0 Å². The van der Waals surface area contributed by atoms with E-state index in [-0.39, 0.29) is 24.7 Å². The second-order valence-corrected chi connectivity index (χ2v) is 10.4. The third-order valence-electron chi connectivity index (χ3n) is 7.39. The molecule has 2 N–H and O–H groups in total. The van der Waals surface area contributed by atoms with Crippen LogP contribution in [0.25, 0.3) is 5.69 Å². The number of aryl methyl sites for hydroxylation is 1. The molecule has 2 saturated heterocycles. The van der Waals surface area contributed by atoms with Crippen LogP contribution in [0.3, 0.4) is 0 Å². The summed E-state index contributed by atoms with van der Waals surface area (Å²) in [7, 11) is 2.09. The predicted octanol–water partition coefficient (Wildman–Crippen LogP) is 1.37. The Kier molecular flexibility index (Phi) is 9.17. The molecule has 41 heavy (non-hydrogen) atoms. The zero-order valence-electron chi connectivity index (χ0n) is 23.4. The number of rotatable bonds is 9. The van der Waals surface area contributed by atoms with Crippen LogP contribution in [0.1, 0.15) is 26.4 Å². The van der Waals surface area contributed by atoms with Gasteiger partial charge in [-0.3, -0.25) is 19.5 Å². The van der Waals surface area contributed by atoms with Crippen LogP contribution in [-0.4, -0.2) is 120 Å². The maximum absolute atomic E-state index is 14.5. The van der Waals surface area contributed by atoms with Crippen LogP contribution in [0.2, 0.25) is 0 Å². The Morgan fingerprint density at radius 2 is 1.85 bits per heavy atom. The highest BCUT2D eigenvalue weighted by Gasteiger charge is 2.22. The summed E-state index contributed by atoms with van der Waals surface area (Å²) in [6.07, 6.45) is 3.49. The summed E-state index contributed by atoms with van der Waals surface area (Å²) >= 11 is 0. The number of alkyl halides is 1. The van der Waals surface area contributed by atoms with Crippen LogP contribution in [-0.2, 0) is 4.74 Å². The van der Waals surface area contributed by atoms with Crippen LogP contribution in [0.5, 0.6) is 0 Å². The Morgan fingerprint density at radius 1 is 1.07 bits per heavy atom. The number of ether oxygens (including phenoxy) is 1. The fourth-order valence-electron chi connectivity index (χ4n) is 4.90. The van der Waals surface area contributed by atoms with E-state index in [2.05, 4.69) is 42.8 Å². The molecule has 2 aliphatic heterocycles. The van der Waals surface area contributed by atoms with Gasteiger partial charge in [0.25, 0.3) is 11.8 Å². The molecule has 1 aromatic carbocycles. The van der Waals surface area contributed by atoms with Gasteiger partial charge in [0.2, 0.25) is 0 Å². The third kappa shape index (κ3) is 7.23. The number of halogens is 1. The summed E-state index contributed by atoms with van der Waals surface area (Å²) in [5.74, 6) is -0.768. The molecule has 2 fully saturated rings. The van der Waals surface area contributed by atoms with E-state index in [9.17, 15) is 14.0 Å². The monoisotopic (exact) mass is 565 g/mol. The van der Waals surface area contributed by atoms with Gasteiger partial charge in [0, 0.05) is 58.2 Å². The topological polar surface area (TPSA) is 121 Å². The van der Waals surface area contributed by atoms with E-state index in [1.165, 1.54) is 10.9 Å². The molecule has 1 unspecified atom stereocenters. The number of hydrogen-bond donors (Lipinski definition) is 2. The quantitative estimate of drug-likeness (QED) is 0.396. The summed E-state index contributed by atoms with van der Waals surface area (Å²) in [4.78, 5) is 36.5. The first-order chi connectivity index (χ1) is 19.9. The lowest BCUT2D eigenvalue weighted by molar-refractivity contribution is 0.0270. The van der Waals surface area contributed by atoms with E-state index in [0.29, 0.717) is 43.2 Å². The molecule has 0 radical (unpaired) electrons. The van der Waals surface area contributed by atoms with Gasteiger partial charge in [0.15, 0.2) is 5.69 Å². The zero-order chi connectivity index (χ0) is 28.8. The Bertz CT molecular complexity index is 1350. The highest BCUT2D eigenvalue weighted by Crippen LogP contribution is 2.30. The first-order valence-corrected chi connectivity index (χ1v) is 13.8. The van der Waals surface area contributed by atoms with Crippen LogP contribution in [0, 0.1) is 6.92 Å². The van der Waals surface area contributed by atoms with Crippen LogP contribution >= 0.6 is 0 Å². The number of hydrogen-bond acceptors (Lipinski definition) is 9. The molecule has 3 aromatic rings. The average molecular weight is 566 g/mol. The van der Waals surface area contributed by atoms with Gasteiger partial charge in [-0.25, -0.2) is 9.07 Å². The molecule has 5 rings (SSSR count). The Balaban J connectivity index is 1.30. The fourth-order valence-corrected chi connectivity index (χ4v) is 4.90. The van der Waals surface area contributed by atoms with Crippen molar-refractivity contribution >= 4 is 23.2 Å². The average Bonchev–Trinajstić information content (AvgIpc) is 3.48. The van der Waals surface area contributed by atoms with Crippen molar-refractivity contribution in [1.82, 2.24) is 35.1 Å². The number of anilines is 2. The number of nitrogens with zero attached hydrogens (tertiary/aromatic N) is 7. The number of morpholine rings is 1. The molecule has 2 aliphatic rings. The summed E-state index contributed by atoms with van der Waals surface area (Å²) in [5, 5.41) is 13.8. The number of likely N-dealkylation sites (N-methyl/N-ethyl adjacent to an activating group) is 1. The molecule has 2 aromatic heterocycles. The van der Waals surface area contributed by atoms with Crippen molar-refractivity contribution in [3.8, 4) is 5.69 Å². The number of amides is 2. The second kappa shape index (κ2) is 13.1. The van der Waals surface area contributed by atoms with Gasteiger partial charge < -0.3 is 25.2 Å². The largest absolute Gasteiger partial charge is 0.379 e. The van der Waals surface area contributed by atoms with E-state index in [0.717, 1.165) is 37.4 Å². The number of carbonyl (C=O) groups excluding carboxylic acids is 2. The zero-order valence-corrected chi connectivity index (χ0v) is 23.4. The van der Waals surface area contributed by atoms with Gasteiger partial charge in [-0.15, -0.1) is 5.10 Å². The highest BCUT2D eigenvalue weighted by molar-refractivity contribution is 6.06. The number of piperazine rings is 1. The fraction of sp³-hybridized carbons (Fsp3) is 0.464. The molecule has 4 heterocycles. The summed E-state index contributed by atoms with van der Waals surface area (Å²) in [6.45, 7) is 7.98. The third-order valence-corrected chi connectivity index (χ3v) is 7.39. The number of nitrogens with one attached hydrogen (secondary N) is 2. The predicted molar refractivity (Wildman–Crippen MR) is 152 cm³/mol. The van der Waals surface area contributed by atoms with Crippen LogP contribution < -0.4 is 15.5 Å². The minimum atomic E-state index is -1.20. The van der Waals surface area contributed by atoms with Crippen molar-refractivity contribution in [2.24, 2.45) is 0 Å². The first-order valence-electron chi connectivity index (χ1n) is 13.8. The van der Waals surface area contributed by atoms with Gasteiger partial charge in [-0.2, -0.15) is 0 Å². The van der Waals surface area contributed by atoms with Crippen LogP contribution in [0.15, 0.2) is 42.9 Å². The van der Waals surface area contributed by atoms with E-state index >= 15 is 0 Å². The summed E-state index contributed by atoms with van der Waals surface area (Å²) < 4.78 is 21.2. The number of carbonyl (C=O) groups is 2. The Labute approximate surface area is 238 Å². The molecule has 13 heteroatoms. The molecule has 218 valence electrons. The summed E-state index contributed by atoms with van der Waals surface area (Å²) in [6, 6.07) is 7.41. The number of pyridine rings is 1. The van der Waals surface area contributed by atoms with Crippen molar-refractivity contribution in [3.63, 3.8) is 0 Å². The standard InChI is InChI=1S/C28H36FN9O3/c1-20-5-6-30-17-23(20)27(39)32-24-15-22(3-4-26(24)37-9-7-35(2)8-10-37)38-19-25(33-34-38)28(40)31-16-21(29)18-36-11-13-41-14-12-36/h3-6,15,17,19,21H,7-14,16,18H2,1-2H3,(H,31,40)(H,32,39). The second-order valence-electron chi connectivity index (χ2n) is 10.4. The van der Waals surface area contributed by atoms with Gasteiger partial charge in [-0.05, 0) is 43.8 Å². The van der Waals surface area contributed by atoms with E-state index < -0.39 is 12.1 Å². The Hall–Kier alpha value is -3.94. The first kappa shape index (κ1) is 28.6. The smallest absolute Gasteiger partial charge is 0.273 e. The SMILES string of the molecule is Cc1ccncc1C(=O)Nc1cc(-n2cc(C(=O)NCC(F)CN3CCOCC3)nn2)ccc1N1CCN(C)CC1. The Morgan fingerprint density at radius 3 is 2.61 bits per heavy atom. The molecule has 0 saturated carbocycles. The molecule has 0 aliphatic carbocycles. The molecule has 1 atom stereocenters. The normalized spacial score (nSPS) is 17.3. The maximum atomic E-state index is 14.5. The van der Waals surface area contributed by atoms with Gasteiger partial charge >= 0.3 is 0 Å². The lowest BCUT2D eigenvalue weighted by Gasteiger charge is -2.35. The van der Waals surface area contributed by atoms with Gasteiger partial charge in [-0.1, -0.05) is 5.21 Å². The highest BCUT2D eigenvalue weighted by atomic mass is 19.1. The molecular formula is C28H36FN9O3. The van der Waals surface area contributed by atoms with Crippen LogP contribution in [0.4, 0.5) is 15.8 Å². The molecule has 12 nitrogen and oxygen atoms in total. The van der Waals surface area contributed by atoms with Crippen molar-refractivity contribution < 1.29 is 18.7 Å². The van der Waals surface area contributed by atoms with E-state index in [4.69, 9.17) is 4.74 Å². The van der Waals surface area contributed by atoms with Crippen molar-refractivity contribution in [2.75, 3.05) is 82.8 Å². The number of benzene rings is 1. The van der Waals surface area contributed by atoms with Crippen molar-refractivity contribution in [3.05, 3.63) is 59.7 Å². The molecular weight excluding hydrogens is 529 g/mol. The molecule has 2 amide bonds. The molecule has 0 spiro atoms. The number of aromatic nitrogens is 4. The van der Waals surface area contributed by atoms with Crippen molar-refractivity contribution in [2.45, 2.75) is 13.1 Å². The lowest BCUT2D eigenvalue weighted by Crippen LogP contribution is -2.44. The maximum Gasteiger partial charge on any atom is 0.273 e. The van der Waals surface area contributed by atoms with Gasteiger partial charge in [0.05, 0.1) is 48.6 Å². The lowest BCUT2D eigenvalue weighted by atomic mass is 10.1. The van der Waals surface area contributed by atoms with Gasteiger partial charge in [0.1, 0.15) is 6.17 Å².